The number of hydrogen-bond acceptors (Lipinski definition) is 7. The minimum absolute atomic E-state index is 0.163. The van der Waals surface area contributed by atoms with Crippen LogP contribution in [0.5, 0.6) is 5.75 Å². The van der Waals surface area contributed by atoms with E-state index < -0.39 is 12.0 Å². The molecule has 1 aliphatic carbocycles. The van der Waals surface area contributed by atoms with Gasteiger partial charge in [-0.15, -0.1) is 0 Å². The number of aliphatic hydroxyl groups is 1. The van der Waals surface area contributed by atoms with Crippen LogP contribution in [0, 0.1) is 12.8 Å². The highest BCUT2D eigenvalue weighted by Crippen LogP contribution is 2.43. The van der Waals surface area contributed by atoms with E-state index in [1.54, 1.807) is 0 Å². The van der Waals surface area contributed by atoms with Crippen molar-refractivity contribution in [3.63, 3.8) is 0 Å². The Morgan fingerprint density at radius 1 is 1.33 bits per heavy atom. The topological polar surface area (TPSA) is 132 Å². The number of benzene rings is 1. The van der Waals surface area contributed by atoms with E-state index in [4.69, 9.17) is 4.74 Å². The molecule has 3 heterocycles. The van der Waals surface area contributed by atoms with Crippen molar-refractivity contribution in [1.29, 1.82) is 0 Å². The van der Waals surface area contributed by atoms with Gasteiger partial charge in [-0.05, 0) is 37.8 Å². The molecule has 0 radical (unpaired) electrons. The lowest BCUT2D eigenvalue weighted by Crippen LogP contribution is -2.31. The van der Waals surface area contributed by atoms with E-state index >= 15 is 0 Å². The standard InChI is InChI=1S/C21H23N5O4/c1-10-6-14(25-16(9-27)23-10)19-20-17-13(26-19)7-12(8-15(17)30-5-4-22-20)24-18(21(28)29)11-2-3-11/h6-8,11,18,22,24,26-27H,2-5,9H2,1H3,(H,28,29)/t18-/m0/s1. The monoisotopic (exact) mass is 409 g/mol. The van der Waals surface area contributed by atoms with Crippen LogP contribution in [-0.4, -0.2) is 50.3 Å². The maximum absolute atomic E-state index is 11.7. The average Bonchev–Trinajstić information content (AvgIpc) is 3.51. The number of hydrogen-bond donors (Lipinski definition) is 5. The van der Waals surface area contributed by atoms with Gasteiger partial charge in [0.2, 0.25) is 0 Å². The number of rotatable bonds is 6. The molecule has 0 saturated heterocycles. The van der Waals surface area contributed by atoms with E-state index in [-0.39, 0.29) is 12.5 Å². The summed E-state index contributed by atoms with van der Waals surface area (Å²) < 4.78 is 5.95. The second-order valence-corrected chi connectivity index (χ2v) is 7.81. The maximum atomic E-state index is 11.7. The van der Waals surface area contributed by atoms with Crippen LogP contribution in [0.3, 0.4) is 0 Å². The van der Waals surface area contributed by atoms with E-state index in [1.165, 1.54) is 0 Å². The van der Waals surface area contributed by atoms with E-state index in [0.29, 0.717) is 36.1 Å². The van der Waals surface area contributed by atoms with Crippen LogP contribution >= 0.6 is 0 Å². The number of nitrogens with one attached hydrogen (secondary N) is 3. The van der Waals surface area contributed by atoms with Crippen LogP contribution in [0.4, 0.5) is 11.4 Å². The summed E-state index contributed by atoms with van der Waals surface area (Å²) in [7, 11) is 0. The first-order valence-corrected chi connectivity index (χ1v) is 10.0. The molecule has 30 heavy (non-hydrogen) atoms. The molecule has 9 heteroatoms. The molecule has 156 valence electrons. The minimum Gasteiger partial charge on any atom is -0.491 e. The summed E-state index contributed by atoms with van der Waals surface area (Å²) in [6.07, 6.45) is 1.85. The Balaban J connectivity index is 1.63. The molecular formula is C21H23N5O4. The lowest BCUT2D eigenvalue weighted by molar-refractivity contribution is -0.138. The number of aromatic amines is 1. The fourth-order valence-corrected chi connectivity index (χ4v) is 4.02. The number of aryl methyl sites for hydroxylation is 1. The fraction of sp³-hybridized carbons (Fsp3) is 0.381. The van der Waals surface area contributed by atoms with Gasteiger partial charge in [-0.3, -0.25) is 0 Å². The number of aliphatic carboxylic acids is 1. The van der Waals surface area contributed by atoms with Crippen molar-refractivity contribution in [2.45, 2.75) is 32.4 Å². The fourth-order valence-electron chi connectivity index (χ4n) is 4.02. The summed E-state index contributed by atoms with van der Waals surface area (Å²) in [6.45, 7) is 2.73. The molecular weight excluding hydrogens is 386 g/mol. The molecule has 1 saturated carbocycles. The van der Waals surface area contributed by atoms with Crippen molar-refractivity contribution < 1.29 is 19.7 Å². The zero-order valence-electron chi connectivity index (χ0n) is 16.5. The van der Waals surface area contributed by atoms with Gasteiger partial charge in [0.1, 0.15) is 25.0 Å². The summed E-state index contributed by atoms with van der Waals surface area (Å²) in [5.41, 5.74) is 4.61. The first-order valence-electron chi connectivity index (χ1n) is 10.0. The molecule has 1 atom stereocenters. The molecule has 0 spiro atoms. The second-order valence-electron chi connectivity index (χ2n) is 7.81. The van der Waals surface area contributed by atoms with Gasteiger partial charge < -0.3 is 30.6 Å². The van der Waals surface area contributed by atoms with Crippen LogP contribution in [0.25, 0.3) is 22.3 Å². The van der Waals surface area contributed by atoms with Gasteiger partial charge in [-0.1, -0.05) is 0 Å². The summed E-state index contributed by atoms with van der Waals surface area (Å²) in [5.74, 6) is 0.366. The number of anilines is 2. The van der Waals surface area contributed by atoms with Gasteiger partial charge in [0.05, 0.1) is 28.0 Å². The predicted octanol–water partition coefficient (Wildman–Crippen LogP) is 2.51. The largest absolute Gasteiger partial charge is 0.491 e. The summed E-state index contributed by atoms with van der Waals surface area (Å²) in [5, 5.41) is 26.5. The zero-order chi connectivity index (χ0) is 20.8. The Labute approximate surface area is 172 Å². The summed E-state index contributed by atoms with van der Waals surface area (Å²) >= 11 is 0. The molecule has 5 rings (SSSR count). The highest BCUT2D eigenvalue weighted by Gasteiger charge is 2.36. The number of nitrogens with zero attached hydrogens (tertiary/aromatic N) is 2. The molecule has 0 bridgehead atoms. The normalized spacial score (nSPS) is 16.5. The minimum atomic E-state index is -0.841. The number of ether oxygens (including phenoxy) is 1. The number of aromatic nitrogens is 3. The van der Waals surface area contributed by atoms with Crippen molar-refractivity contribution in [3.8, 4) is 17.1 Å². The Kier molecular flexibility index (Phi) is 4.47. The van der Waals surface area contributed by atoms with Gasteiger partial charge in [-0.2, -0.15) is 0 Å². The number of carbonyl (C=O) groups is 1. The third-order valence-corrected chi connectivity index (χ3v) is 5.50. The van der Waals surface area contributed by atoms with E-state index in [1.807, 2.05) is 25.1 Å². The maximum Gasteiger partial charge on any atom is 0.326 e. The molecule has 1 aliphatic heterocycles. The van der Waals surface area contributed by atoms with Gasteiger partial charge >= 0.3 is 5.97 Å². The molecule has 1 aromatic carbocycles. The summed E-state index contributed by atoms with van der Waals surface area (Å²) in [6, 6.07) is 5.02. The molecule has 3 aromatic rings. The number of aliphatic hydroxyl groups excluding tert-OH is 1. The van der Waals surface area contributed by atoms with Crippen molar-refractivity contribution in [2.75, 3.05) is 23.8 Å². The number of H-pyrrole nitrogens is 1. The van der Waals surface area contributed by atoms with Crippen molar-refractivity contribution in [2.24, 2.45) is 5.92 Å². The molecule has 5 N–H and O–H groups in total. The molecule has 1 fully saturated rings. The van der Waals surface area contributed by atoms with Gasteiger partial charge in [0.15, 0.2) is 5.82 Å². The summed E-state index contributed by atoms with van der Waals surface area (Å²) in [4.78, 5) is 23.8. The highest BCUT2D eigenvalue weighted by atomic mass is 16.5. The number of carboxylic acids is 1. The van der Waals surface area contributed by atoms with Crippen molar-refractivity contribution in [1.82, 2.24) is 15.0 Å². The quantitative estimate of drug-likeness (QED) is 0.419. The molecule has 2 aliphatic rings. The lowest BCUT2D eigenvalue weighted by atomic mass is 10.1. The molecule has 9 nitrogen and oxygen atoms in total. The highest BCUT2D eigenvalue weighted by molar-refractivity contribution is 6.06. The smallest absolute Gasteiger partial charge is 0.326 e. The van der Waals surface area contributed by atoms with Gasteiger partial charge in [0.25, 0.3) is 0 Å². The Hall–Kier alpha value is -3.33. The van der Waals surface area contributed by atoms with Crippen LogP contribution in [0.2, 0.25) is 0 Å². The Morgan fingerprint density at radius 2 is 2.17 bits per heavy atom. The van der Waals surface area contributed by atoms with E-state index in [2.05, 4.69) is 25.6 Å². The first kappa shape index (κ1) is 18.7. The number of carboxylic acid groups (broad SMARTS) is 1. The molecule has 2 aromatic heterocycles. The van der Waals surface area contributed by atoms with Crippen LogP contribution in [0.15, 0.2) is 18.2 Å². The van der Waals surface area contributed by atoms with Crippen LogP contribution in [0.1, 0.15) is 24.4 Å². The lowest BCUT2D eigenvalue weighted by Gasteiger charge is -2.16. The van der Waals surface area contributed by atoms with Gasteiger partial charge in [-0.25, -0.2) is 14.8 Å². The van der Waals surface area contributed by atoms with Gasteiger partial charge in [0, 0.05) is 24.0 Å². The Bertz CT molecular complexity index is 1140. The SMILES string of the molecule is Cc1cc(-c2[nH]c3cc(N[C@H](C(=O)O)C4CC4)cc4c3c2NCCO4)nc(CO)n1. The van der Waals surface area contributed by atoms with Crippen LogP contribution < -0.4 is 15.4 Å². The van der Waals surface area contributed by atoms with E-state index in [9.17, 15) is 15.0 Å². The first-order chi connectivity index (χ1) is 14.5. The van der Waals surface area contributed by atoms with Crippen molar-refractivity contribution in [3.05, 3.63) is 29.7 Å². The average molecular weight is 409 g/mol. The molecule has 0 unspecified atom stereocenters. The zero-order valence-corrected chi connectivity index (χ0v) is 16.5. The third kappa shape index (κ3) is 3.30. The van der Waals surface area contributed by atoms with Crippen LogP contribution in [-0.2, 0) is 11.4 Å². The Morgan fingerprint density at radius 3 is 2.90 bits per heavy atom. The second kappa shape index (κ2) is 7.17. The molecule has 0 amide bonds. The predicted molar refractivity (Wildman–Crippen MR) is 112 cm³/mol. The van der Waals surface area contributed by atoms with E-state index in [0.717, 1.165) is 40.8 Å². The third-order valence-electron chi connectivity index (χ3n) is 5.50. The van der Waals surface area contributed by atoms with Crippen molar-refractivity contribution >= 4 is 28.2 Å².